The molecule has 1 unspecified atom stereocenters. The first-order valence-electron chi connectivity index (χ1n) is 9.90. The fraction of sp³-hybridized carbons (Fsp3) is 0.700. The minimum atomic E-state index is 0. The van der Waals surface area contributed by atoms with E-state index >= 15 is 0 Å². The molecule has 27 heavy (non-hydrogen) atoms. The Kier molecular flexibility index (Phi) is 9.61. The SMILES string of the molecule is CN=C(NCc1ccnc(OC2CCC(C)CC2)c1)NCC1CCCO1.I. The Bertz CT molecular complexity index is 585. The van der Waals surface area contributed by atoms with Gasteiger partial charge in [-0.3, -0.25) is 4.99 Å². The number of aliphatic imine (C=N–C) groups is 1. The van der Waals surface area contributed by atoms with Crippen LogP contribution in [0.3, 0.4) is 0 Å². The summed E-state index contributed by atoms with van der Waals surface area (Å²) < 4.78 is 11.7. The molecule has 2 N–H and O–H groups in total. The largest absolute Gasteiger partial charge is 0.474 e. The van der Waals surface area contributed by atoms with Crippen LogP contribution in [0.2, 0.25) is 0 Å². The molecule has 1 aromatic rings. The normalized spacial score (nSPS) is 25.6. The molecule has 2 aliphatic rings. The lowest BCUT2D eigenvalue weighted by Crippen LogP contribution is -2.40. The van der Waals surface area contributed by atoms with Gasteiger partial charge >= 0.3 is 0 Å². The first-order chi connectivity index (χ1) is 12.7. The number of guanidine groups is 1. The average molecular weight is 488 g/mol. The Morgan fingerprint density at radius 2 is 2.07 bits per heavy atom. The molecule has 2 heterocycles. The quantitative estimate of drug-likeness (QED) is 0.365. The van der Waals surface area contributed by atoms with E-state index in [1.54, 1.807) is 7.05 Å². The van der Waals surface area contributed by atoms with Gasteiger partial charge in [-0.2, -0.15) is 0 Å². The van der Waals surface area contributed by atoms with E-state index in [2.05, 4.69) is 27.5 Å². The van der Waals surface area contributed by atoms with Crippen LogP contribution >= 0.6 is 24.0 Å². The third-order valence-corrected chi connectivity index (χ3v) is 5.25. The molecule has 7 heteroatoms. The number of hydrogen-bond donors (Lipinski definition) is 2. The van der Waals surface area contributed by atoms with Crippen molar-refractivity contribution >= 4 is 29.9 Å². The Morgan fingerprint density at radius 1 is 1.26 bits per heavy atom. The monoisotopic (exact) mass is 488 g/mol. The molecule has 1 aliphatic heterocycles. The van der Waals surface area contributed by atoms with E-state index in [0.29, 0.717) is 18.8 Å². The molecule has 2 fully saturated rings. The summed E-state index contributed by atoms with van der Waals surface area (Å²) in [7, 11) is 1.79. The summed E-state index contributed by atoms with van der Waals surface area (Å²) in [6.45, 7) is 4.68. The van der Waals surface area contributed by atoms with E-state index in [0.717, 1.165) is 62.2 Å². The Balaban J connectivity index is 0.00000261. The van der Waals surface area contributed by atoms with Gasteiger partial charge in [0.2, 0.25) is 5.88 Å². The van der Waals surface area contributed by atoms with E-state index in [4.69, 9.17) is 9.47 Å². The van der Waals surface area contributed by atoms with Gasteiger partial charge in [-0.25, -0.2) is 4.98 Å². The molecule has 0 radical (unpaired) electrons. The fourth-order valence-electron chi connectivity index (χ4n) is 3.57. The zero-order chi connectivity index (χ0) is 18.2. The third-order valence-electron chi connectivity index (χ3n) is 5.25. The molecular weight excluding hydrogens is 455 g/mol. The molecule has 1 saturated carbocycles. The van der Waals surface area contributed by atoms with Gasteiger partial charge in [0.1, 0.15) is 6.10 Å². The number of nitrogens with one attached hydrogen (secondary N) is 2. The standard InChI is InChI=1S/C20H32N4O2.HI/c1-15-5-7-17(8-6-15)26-19-12-16(9-10-22-19)13-23-20(21-2)24-14-18-4-3-11-25-18;/h9-10,12,15,17-18H,3-8,11,13-14H2,1-2H3,(H2,21,23,24);1H. The van der Waals surface area contributed by atoms with Crippen LogP contribution in [0, 0.1) is 5.92 Å². The maximum absolute atomic E-state index is 6.09. The van der Waals surface area contributed by atoms with Crippen LogP contribution in [0.1, 0.15) is 51.0 Å². The highest BCUT2D eigenvalue weighted by atomic mass is 127. The number of halogens is 1. The van der Waals surface area contributed by atoms with Crippen molar-refractivity contribution in [3.63, 3.8) is 0 Å². The molecule has 152 valence electrons. The van der Waals surface area contributed by atoms with Crippen molar-refractivity contribution in [2.24, 2.45) is 10.9 Å². The van der Waals surface area contributed by atoms with E-state index in [-0.39, 0.29) is 24.0 Å². The lowest BCUT2D eigenvalue weighted by atomic mass is 9.89. The first kappa shape index (κ1) is 22.2. The van der Waals surface area contributed by atoms with Crippen molar-refractivity contribution in [2.45, 2.75) is 64.2 Å². The van der Waals surface area contributed by atoms with Crippen molar-refractivity contribution < 1.29 is 9.47 Å². The Hall–Kier alpha value is -1.09. The second-order valence-corrected chi connectivity index (χ2v) is 7.44. The number of hydrogen-bond acceptors (Lipinski definition) is 4. The van der Waals surface area contributed by atoms with Crippen LogP contribution in [0.25, 0.3) is 0 Å². The number of nitrogens with zero attached hydrogens (tertiary/aromatic N) is 2. The van der Waals surface area contributed by atoms with Crippen molar-refractivity contribution in [1.29, 1.82) is 0 Å². The second-order valence-electron chi connectivity index (χ2n) is 7.44. The molecule has 0 aromatic carbocycles. The van der Waals surface area contributed by atoms with Gasteiger partial charge < -0.3 is 20.1 Å². The molecule has 0 amide bonds. The van der Waals surface area contributed by atoms with Crippen LogP contribution in [0.4, 0.5) is 0 Å². The van der Waals surface area contributed by atoms with Crippen LogP contribution < -0.4 is 15.4 Å². The van der Waals surface area contributed by atoms with Crippen molar-refractivity contribution in [3.05, 3.63) is 23.9 Å². The van der Waals surface area contributed by atoms with Gasteiger partial charge in [0.25, 0.3) is 0 Å². The number of rotatable bonds is 6. The highest BCUT2D eigenvalue weighted by molar-refractivity contribution is 14.0. The van der Waals surface area contributed by atoms with E-state index in [9.17, 15) is 0 Å². The molecule has 0 bridgehead atoms. The van der Waals surface area contributed by atoms with Crippen LogP contribution in [-0.2, 0) is 11.3 Å². The summed E-state index contributed by atoms with van der Waals surface area (Å²) in [4.78, 5) is 8.66. The maximum atomic E-state index is 6.09. The Morgan fingerprint density at radius 3 is 2.78 bits per heavy atom. The van der Waals surface area contributed by atoms with Gasteiger partial charge in [0.15, 0.2) is 5.96 Å². The summed E-state index contributed by atoms with van der Waals surface area (Å²) in [5.41, 5.74) is 1.14. The van der Waals surface area contributed by atoms with E-state index < -0.39 is 0 Å². The minimum Gasteiger partial charge on any atom is -0.474 e. The summed E-state index contributed by atoms with van der Waals surface area (Å²) in [5, 5.41) is 6.68. The van der Waals surface area contributed by atoms with Gasteiger partial charge in [-0.1, -0.05) is 6.92 Å². The second kappa shape index (κ2) is 11.7. The van der Waals surface area contributed by atoms with Crippen LogP contribution in [0.5, 0.6) is 5.88 Å². The molecule has 6 nitrogen and oxygen atoms in total. The molecular formula is C20H33IN4O2. The van der Waals surface area contributed by atoms with Crippen molar-refractivity contribution in [1.82, 2.24) is 15.6 Å². The molecule has 1 atom stereocenters. The zero-order valence-corrected chi connectivity index (χ0v) is 18.8. The van der Waals surface area contributed by atoms with Gasteiger partial charge in [0, 0.05) is 39.0 Å². The highest BCUT2D eigenvalue weighted by Gasteiger charge is 2.20. The van der Waals surface area contributed by atoms with Crippen molar-refractivity contribution in [2.75, 3.05) is 20.2 Å². The molecule has 1 aliphatic carbocycles. The zero-order valence-electron chi connectivity index (χ0n) is 16.4. The third kappa shape index (κ3) is 7.44. The topological polar surface area (TPSA) is 67.8 Å². The van der Waals surface area contributed by atoms with Gasteiger partial charge in [-0.05, 0) is 56.1 Å². The van der Waals surface area contributed by atoms with Gasteiger partial charge in [0.05, 0.1) is 6.10 Å². The number of pyridine rings is 1. The Labute approximate surface area is 179 Å². The molecule has 1 saturated heterocycles. The van der Waals surface area contributed by atoms with E-state index in [1.807, 2.05) is 18.3 Å². The number of ether oxygens (including phenoxy) is 2. The predicted molar refractivity (Wildman–Crippen MR) is 119 cm³/mol. The van der Waals surface area contributed by atoms with Crippen molar-refractivity contribution in [3.8, 4) is 5.88 Å². The number of aromatic nitrogens is 1. The summed E-state index contributed by atoms with van der Waals surface area (Å²) >= 11 is 0. The minimum absolute atomic E-state index is 0. The smallest absolute Gasteiger partial charge is 0.213 e. The average Bonchev–Trinajstić information content (AvgIpc) is 3.18. The fourth-order valence-corrected chi connectivity index (χ4v) is 3.57. The molecule has 0 spiro atoms. The van der Waals surface area contributed by atoms with Crippen LogP contribution in [0.15, 0.2) is 23.3 Å². The first-order valence-corrected chi connectivity index (χ1v) is 9.90. The predicted octanol–water partition coefficient (Wildman–Crippen LogP) is 3.50. The summed E-state index contributed by atoms with van der Waals surface area (Å²) in [5.74, 6) is 2.35. The summed E-state index contributed by atoms with van der Waals surface area (Å²) in [6.07, 6.45) is 9.46. The van der Waals surface area contributed by atoms with E-state index in [1.165, 1.54) is 12.8 Å². The molecule has 3 rings (SSSR count). The maximum Gasteiger partial charge on any atom is 0.213 e. The lowest BCUT2D eigenvalue weighted by molar-refractivity contribution is 0.114. The molecule has 1 aromatic heterocycles. The van der Waals surface area contributed by atoms with Gasteiger partial charge in [-0.15, -0.1) is 24.0 Å². The van der Waals surface area contributed by atoms with Crippen LogP contribution in [-0.4, -0.2) is 43.4 Å². The lowest BCUT2D eigenvalue weighted by Gasteiger charge is -2.26. The highest BCUT2D eigenvalue weighted by Crippen LogP contribution is 2.26. The summed E-state index contributed by atoms with van der Waals surface area (Å²) in [6, 6.07) is 4.04.